The minimum atomic E-state index is -3.78. The van der Waals surface area contributed by atoms with Crippen molar-refractivity contribution in [2.24, 2.45) is 0 Å². The average Bonchev–Trinajstić information content (AvgIpc) is 1.62. The molecule has 5 aromatic carbocycles. The van der Waals surface area contributed by atoms with Gasteiger partial charge in [-0.25, -0.2) is 61.4 Å². The number of aromatic nitrogens is 15. The van der Waals surface area contributed by atoms with E-state index >= 15 is 0 Å². The van der Waals surface area contributed by atoms with Gasteiger partial charge in [0.1, 0.15) is 44.9 Å². The highest BCUT2D eigenvalue weighted by molar-refractivity contribution is 7.90. The molecule has 0 spiro atoms. The molecular formula is C92H116Cl5N29O15S8. The molecule has 5 atom stereocenters. The lowest BCUT2D eigenvalue weighted by molar-refractivity contribution is -0.123. The molecule has 20 rings (SSSR count). The van der Waals surface area contributed by atoms with Crippen molar-refractivity contribution in [1.82, 2.24) is 143 Å². The number of piperazine rings is 2. The minimum absolute atomic E-state index is 0. The molecule has 13 aromatic rings. The molecule has 7 N–H and O–H groups in total. The fourth-order valence-electron chi connectivity index (χ4n) is 18.0. The van der Waals surface area contributed by atoms with Gasteiger partial charge in [0.25, 0.3) is 0 Å². The maximum Gasteiger partial charge on any atom is 0.243 e. The van der Waals surface area contributed by atoms with Gasteiger partial charge in [0.15, 0.2) is 6.33 Å². The van der Waals surface area contributed by atoms with Gasteiger partial charge < -0.3 is 47.0 Å². The average molecular weight is 2300 g/mol. The molecule has 44 nitrogen and oxygen atoms in total. The summed E-state index contributed by atoms with van der Waals surface area (Å²) < 4.78 is 142. The van der Waals surface area contributed by atoms with Crippen LogP contribution in [0.5, 0.6) is 0 Å². The molecule has 802 valence electrons. The van der Waals surface area contributed by atoms with E-state index in [2.05, 4.69) is 108 Å². The maximum absolute atomic E-state index is 13.3. The monoisotopic (exact) mass is 2300 g/mol. The molecule has 57 heteroatoms. The SMILES string of the molecule is C.C.O=C(CCN1CCNCC1)N[C@@H]1CCN(S(=O)(=O)c2cccc3cncc(Cl)c23)C1.O=C(CCN1CCNCC1)N[C@H]1CCN(S(=O)(=O)c2cccc3cncc(Cl)c23)C1.O=C(Cn1cncn1)N[C@@H]1CCN(S(=O)(=O)c2cccc3cncc(Cl)c23)C1.O=C(Cn1cncn1)N[C@H]1CCN(S(=O)(=O)c2cccc3cncc(Cl)c23)C1.O=C(Cn1ncnn1)N[C@H]1CCN(S(=O)(=O)c2cccc3cncc(Cl)c23)C1.S.S.S. The predicted molar refractivity (Wildman–Crippen MR) is 581 cm³/mol. The Morgan fingerprint density at radius 2 is 0.564 bits per heavy atom. The van der Waals surface area contributed by atoms with Crippen molar-refractivity contribution in [2.75, 3.05) is 131 Å². The summed E-state index contributed by atoms with van der Waals surface area (Å²) in [7, 11) is -18.8. The van der Waals surface area contributed by atoms with Crippen LogP contribution in [-0.2, 0) is 93.7 Å². The van der Waals surface area contributed by atoms with E-state index in [9.17, 15) is 66.1 Å². The van der Waals surface area contributed by atoms with Crippen molar-refractivity contribution in [1.29, 1.82) is 0 Å². The van der Waals surface area contributed by atoms with Gasteiger partial charge in [-0.15, -0.1) is 10.2 Å². The second-order valence-electron chi connectivity index (χ2n) is 34.8. The number of fused-ring (bicyclic) bond motifs is 5. The summed E-state index contributed by atoms with van der Waals surface area (Å²) in [6.07, 6.45) is 25.6. The number of nitrogens with zero attached hydrogens (tertiary/aromatic N) is 22. The fraction of sp³-hybridized carbons (Fsp3) is 0.402. The predicted octanol–water partition coefficient (Wildman–Crippen LogP) is 6.31. The van der Waals surface area contributed by atoms with Crippen LogP contribution in [-0.4, -0.2) is 339 Å². The Morgan fingerprint density at radius 3 is 0.799 bits per heavy atom. The van der Waals surface area contributed by atoms with E-state index in [4.69, 9.17) is 58.0 Å². The molecule has 15 heterocycles. The minimum Gasteiger partial charge on any atom is -0.352 e. The number of halogens is 5. The molecule has 149 heavy (non-hydrogen) atoms. The third-order valence-corrected chi connectivity index (χ3v) is 36.1. The normalized spacial score (nSPS) is 18.6. The number of sulfonamides is 5. The lowest BCUT2D eigenvalue weighted by Crippen LogP contribution is -2.45. The quantitative estimate of drug-likeness (QED) is 0.0296. The van der Waals surface area contributed by atoms with Crippen LogP contribution in [0.2, 0.25) is 25.1 Å². The second kappa shape index (κ2) is 53.8. The fourth-order valence-corrected chi connectivity index (χ4v) is 28.3. The zero-order valence-corrected chi connectivity index (χ0v) is 89.7. The molecule has 5 amide bonds. The Hall–Kier alpha value is -10.3. The molecule has 0 unspecified atom stereocenters. The number of hydrogen-bond donors (Lipinski definition) is 7. The topological polar surface area (TPSA) is 532 Å². The van der Waals surface area contributed by atoms with E-state index in [0.717, 1.165) is 70.2 Å². The molecule has 0 saturated carbocycles. The van der Waals surface area contributed by atoms with Gasteiger partial charge in [-0.3, -0.25) is 48.9 Å². The Kier molecular flexibility index (Phi) is 43.0. The number of nitrogens with one attached hydrogen (secondary N) is 7. The zero-order valence-electron chi connectivity index (χ0n) is 78.8. The van der Waals surface area contributed by atoms with Crippen molar-refractivity contribution in [2.45, 2.75) is 134 Å². The number of pyridine rings is 5. The van der Waals surface area contributed by atoms with Gasteiger partial charge in [-0.05, 0) is 67.6 Å². The lowest BCUT2D eigenvalue weighted by atomic mass is 10.2. The van der Waals surface area contributed by atoms with Crippen LogP contribution >= 0.6 is 98.5 Å². The standard InChI is InChI=1S/2C20H26ClN5O3S.2C17H17ClN6O3S.C16H16ClN7O3S.2CH4.3H2S/c2*21-17-13-23-12-15-2-1-3-18(20(15)17)30(28,29)26-9-4-16(14-26)24-19(27)5-8-25-10-6-22-7-11-25;2*18-14-7-19-6-12-2-1-3-15(17(12)14)28(26,27)24-5-4-13(8-24)22-16(25)9-23-11-20-10-21-23;17-13-7-18-6-11-2-1-3-14(16(11)13)28(26,27)23-5-4-12(8-23)21-15(25)9-24-20-10-19-22-24;;;;;/h2*1-3,12-13,16,22H,4-11,14H2,(H,24,27);2*1-3,6-7,10-11,13H,4-5,8-9H2,(H,22,25);1-3,6-7,10,12H,4-5,8-9H2,(H,21,25);2*1H4;3*1H2/t2*16-;2*13-;12-;;;;;/m10100...../s1. The summed E-state index contributed by atoms with van der Waals surface area (Å²) >= 11 is 31.2. The molecule has 0 radical (unpaired) electrons. The summed E-state index contributed by atoms with van der Waals surface area (Å²) in [6, 6.07) is 23.8. The van der Waals surface area contributed by atoms with E-state index in [1.165, 1.54) is 99.6 Å². The van der Waals surface area contributed by atoms with Crippen molar-refractivity contribution in [3.8, 4) is 0 Å². The number of carbonyl (C=O) groups excluding carboxylic acids is 5. The molecule has 7 aliphatic heterocycles. The molecule has 0 bridgehead atoms. The Labute approximate surface area is 908 Å². The largest absolute Gasteiger partial charge is 0.352 e. The number of tetrazole rings is 1. The van der Waals surface area contributed by atoms with Gasteiger partial charge in [0.2, 0.25) is 79.7 Å². The van der Waals surface area contributed by atoms with E-state index in [1.54, 1.807) is 116 Å². The molecule has 7 aliphatic rings. The summed E-state index contributed by atoms with van der Waals surface area (Å²) in [4.78, 5) is 95.1. The van der Waals surface area contributed by atoms with Crippen molar-refractivity contribution < 1.29 is 66.1 Å². The number of rotatable bonds is 27. The first-order valence-corrected chi connectivity index (χ1v) is 55.1. The first-order valence-electron chi connectivity index (χ1n) is 46.1. The number of benzene rings is 5. The van der Waals surface area contributed by atoms with Crippen molar-refractivity contribution >= 4 is 232 Å². The first-order chi connectivity index (χ1) is 69.2. The Morgan fingerprint density at radius 1 is 0.315 bits per heavy atom. The molecule has 8 aromatic heterocycles. The Balaban J connectivity index is 0.000000175. The van der Waals surface area contributed by atoms with E-state index < -0.39 is 50.1 Å². The molecular weight excluding hydrogens is 2190 g/mol. The highest BCUT2D eigenvalue weighted by Gasteiger charge is 2.41. The van der Waals surface area contributed by atoms with Gasteiger partial charge in [0, 0.05) is 290 Å². The summed E-state index contributed by atoms with van der Waals surface area (Å²) in [5.41, 5.74) is 0. The number of hydrogen-bond acceptors (Lipinski definition) is 31. The maximum atomic E-state index is 13.3. The number of carbonyl (C=O) groups is 5. The zero-order chi connectivity index (χ0) is 101. The van der Waals surface area contributed by atoms with Crippen LogP contribution in [0.15, 0.2) is 209 Å². The lowest BCUT2D eigenvalue weighted by Gasteiger charge is -2.27. The first kappa shape index (κ1) is 119. The third-order valence-electron chi connectivity index (χ3n) is 25.1. The van der Waals surface area contributed by atoms with Crippen LogP contribution in [0.1, 0.15) is 59.8 Å². The van der Waals surface area contributed by atoms with Crippen molar-refractivity contribution in [3.05, 3.63) is 210 Å². The number of amides is 5. The van der Waals surface area contributed by atoms with Gasteiger partial charge in [-0.1, -0.05) is 134 Å². The third kappa shape index (κ3) is 29.4. The second-order valence-corrected chi connectivity index (χ2v) is 46.4. The van der Waals surface area contributed by atoms with Crippen LogP contribution in [0.25, 0.3) is 53.9 Å². The molecule has 7 saturated heterocycles. The highest BCUT2D eigenvalue weighted by Crippen LogP contribution is 2.39. The van der Waals surface area contributed by atoms with Gasteiger partial charge >= 0.3 is 0 Å². The van der Waals surface area contributed by atoms with Crippen LogP contribution in [0.3, 0.4) is 0 Å². The van der Waals surface area contributed by atoms with E-state index in [0.29, 0.717) is 142 Å². The van der Waals surface area contributed by atoms with E-state index in [-0.39, 0.29) is 207 Å². The van der Waals surface area contributed by atoms with Gasteiger partial charge in [-0.2, -0.15) is 77.0 Å². The van der Waals surface area contributed by atoms with E-state index in [1.807, 2.05) is 0 Å². The van der Waals surface area contributed by atoms with Crippen molar-refractivity contribution in [3.63, 3.8) is 0 Å². The van der Waals surface area contributed by atoms with Gasteiger partial charge in [0.05, 0.1) is 49.6 Å². The molecule has 7 fully saturated rings. The van der Waals surface area contributed by atoms with Crippen LogP contribution in [0.4, 0.5) is 0 Å². The highest BCUT2D eigenvalue weighted by atomic mass is 35.5. The smallest absolute Gasteiger partial charge is 0.243 e. The Bertz CT molecular complexity index is 6830. The van der Waals surface area contributed by atoms with Crippen LogP contribution < -0.4 is 37.2 Å². The summed E-state index contributed by atoms with van der Waals surface area (Å²) in [5, 5.41) is 46.9. The van der Waals surface area contributed by atoms with Crippen LogP contribution in [0, 0.1) is 0 Å². The summed E-state index contributed by atoms with van der Waals surface area (Å²) in [5.74, 6) is -0.848. The molecule has 0 aliphatic carbocycles. The summed E-state index contributed by atoms with van der Waals surface area (Å²) in [6.45, 7) is 11.8.